The van der Waals surface area contributed by atoms with Crippen molar-refractivity contribution in [2.75, 3.05) is 12.3 Å². The van der Waals surface area contributed by atoms with Gasteiger partial charge >= 0.3 is 0 Å². The summed E-state index contributed by atoms with van der Waals surface area (Å²) in [6.45, 7) is 4.26. The molecule has 0 aliphatic heterocycles. The number of nitrogens with zero attached hydrogens (tertiary/aromatic N) is 1. The number of nitrogens with one attached hydrogen (secondary N) is 1. The first-order valence-electron chi connectivity index (χ1n) is 7.13. The van der Waals surface area contributed by atoms with E-state index in [1.54, 1.807) is 23.9 Å². The van der Waals surface area contributed by atoms with Gasteiger partial charge in [0, 0.05) is 17.0 Å². The van der Waals surface area contributed by atoms with E-state index in [9.17, 15) is 9.18 Å². The lowest BCUT2D eigenvalue weighted by molar-refractivity contribution is -0.120. The topological polar surface area (TPSA) is 55.1 Å². The Labute approximate surface area is 133 Å². The Balaban J connectivity index is 1.64. The summed E-state index contributed by atoms with van der Waals surface area (Å²) in [5.74, 6) is 1.31. The van der Waals surface area contributed by atoms with Gasteiger partial charge in [-0.05, 0) is 50.3 Å². The van der Waals surface area contributed by atoms with E-state index >= 15 is 0 Å². The van der Waals surface area contributed by atoms with Crippen LogP contribution in [-0.2, 0) is 11.2 Å². The van der Waals surface area contributed by atoms with Crippen molar-refractivity contribution in [1.82, 2.24) is 10.5 Å². The predicted octanol–water partition coefficient (Wildman–Crippen LogP) is 3.27. The van der Waals surface area contributed by atoms with Gasteiger partial charge in [0.05, 0.1) is 12.1 Å². The van der Waals surface area contributed by atoms with Crippen LogP contribution in [0, 0.1) is 19.7 Å². The first-order chi connectivity index (χ1) is 10.6. The lowest BCUT2D eigenvalue weighted by Gasteiger charge is -2.05. The number of benzene rings is 1. The molecule has 1 aromatic carbocycles. The number of thioether (sulfide) groups is 1. The number of aromatic nitrogens is 1. The highest BCUT2D eigenvalue weighted by Gasteiger charge is 2.12. The molecule has 0 saturated heterocycles. The number of aryl methyl sites for hydroxylation is 2. The summed E-state index contributed by atoms with van der Waals surface area (Å²) in [5, 5.41) is 6.72. The lowest BCUT2D eigenvalue weighted by Crippen LogP contribution is -2.26. The van der Waals surface area contributed by atoms with Crippen molar-refractivity contribution in [2.45, 2.75) is 31.6 Å². The zero-order chi connectivity index (χ0) is 15.9. The molecule has 4 nitrogen and oxygen atoms in total. The molecule has 0 aliphatic carbocycles. The molecular weight excluding hydrogens is 303 g/mol. The lowest BCUT2D eigenvalue weighted by atomic mass is 10.1. The predicted molar refractivity (Wildman–Crippen MR) is 84.4 cm³/mol. The fourth-order valence-corrected chi connectivity index (χ4v) is 2.85. The van der Waals surface area contributed by atoms with Crippen LogP contribution in [0.3, 0.4) is 0 Å². The molecule has 0 saturated carbocycles. The Morgan fingerprint density at radius 1 is 1.32 bits per heavy atom. The van der Waals surface area contributed by atoms with Gasteiger partial charge < -0.3 is 9.84 Å². The van der Waals surface area contributed by atoms with E-state index in [2.05, 4.69) is 10.5 Å². The van der Waals surface area contributed by atoms with Gasteiger partial charge in [-0.3, -0.25) is 4.79 Å². The van der Waals surface area contributed by atoms with Crippen molar-refractivity contribution in [1.29, 1.82) is 0 Å². The van der Waals surface area contributed by atoms with Gasteiger partial charge in [-0.2, -0.15) is 0 Å². The maximum Gasteiger partial charge on any atom is 0.224 e. The second kappa shape index (κ2) is 7.98. The molecule has 0 fully saturated rings. The summed E-state index contributed by atoms with van der Waals surface area (Å²) in [4.78, 5) is 12.9. The molecule has 1 amide bonds. The van der Waals surface area contributed by atoms with Gasteiger partial charge in [-0.15, -0.1) is 11.8 Å². The fraction of sp³-hybridized carbons (Fsp3) is 0.375. The molecule has 22 heavy (non-hydrogen) atoms. The molecule has 0 atom stereocenters. The highest BCUT2D eigenvalue weighted by Crippen LogP contribution is 2.18. The average molecular weight is 322 g/mol. The molecular formula is C16H19FN2O2S. The maximum atomic E-state index is 12.8. The van der Waals surface area contributed by atoms with Crippen molar-refractivity contribution in [3.63, 3.8) is 0 Å². The van der Waals surface area contributed by atoms with E-state index in [-0.39, 0.29) is 11.7 Å². The van der Waals surface area contributed by atoms with E-state index in [0.717, 1.165) is 28.3 Å². The number of hydrogen-bond donors (Lipinski definition) is 1. The first kappa shape index (κ1) is 16.5. The Kier molecular flexibility index (Phi) is 6.00. The number of halogens is 1. The molecule has 118 valence electrons. The van der Waals surface area contributed by atoms with Crippen LogP contribution in [0.5, 0.6) is 0 Å². The summed E-state index contributed by atoms with van der Waals surface area (Å²) in [6, 6.07) is 6.42. The molecule has 0 bridgehead atoms. The van der Waals surface area contributed by atoms with Crippen LogP contribution in [0.25, 0.3) is 0 Å². The van der Waals surface area contributed by atoms with Gasteiger partial charge in [0.25, 0.3) is 0 Å². The summed E-state index contributed by atoms with van der Waals surface area (Å²) in [7, 11) is 0. The van der Waals surface area contributed by atoms with Crippen LogP contribution < -0.4 is 5.32 Å². The molecule has 0 radical (unpaired) electrons. The third-order valence-electron chi connectivity index (χ3n) is 3.24. The third kappa shape index (κ3) is 4.87. The number of amides is 1. The first-order valence-corrected chi connectivity index (χ1v) is 8.11. The molecule has 2 aromatic rings. The Morgan fingerprint density at radius 3 is 2.68 bits per heavy atom. The number of rotatable bonds is 7. The summed E-state index contributed by atoms with van der Waals surface area (Å²) < 4.78 is 17.8. The fourth-order valence-electron chi connectivity index (χ4n) is 2.00. The summed E-state index contributed by atoms with van der Waals surface area (Å²) in [6.07, 6.45) is 1.15. The van der Waals surface area contributed by atoms with Crippen molar-refractivity contribution in [2.24, 2.45) is 0 Å². The van der Waals surface area contributed by atoms with Crippen LogP contribution in [0.1, 0.15) is 23.4 Å². The molecule has 0 spiro atoms. The van der Waals surface area contributed by atoms with E-state index in [0.29, 0.717) is 18.7 Å². The van der Waals surface area contributed by atoms with Crippen LogP contribution in [0.15, 0.2) is 33.7 Å². The van der Waals surface area contributed by atoms with Crippen LogP contribution in [0.4, 0.5) is 4.39 Å². The van der Waals surface area contributed by atoms with Gasteiger partial charge in [0.15, 0.2) is 0 Å². The Hall–Kier alpha value is -1.82. The van der Waals surface area contributed by atoms with Crippen molar-refractivity contribution >= 4 is 17.7 Å². The molecule has 1 heterocycles. The van der Waals surface area contributed by atoms with Crippen molar-refractivity contribution < 1.29 is 13.7 Å². The van der Waals surface area contributed by atoms with Crippen molar-refractivity contribution in [3.05, 3.63) is 47.1 Å². The monoisotopic (exact) mass is 322 g/mol. The Morgan fingerprint density at radius 2 is 2.05 bits per heavy atom. The SMILES string of the molecule is Cc1noc(C)c1CC(=O)NCCCSc1ccc(F)cc1. The van der Waals surface area contributed by atoms with E-state index in [1.807, 2.05) is 13.8 Å². The quantitative estimate of drug-likeness (QED) is 0.628. The van der Waals surface area contributed by atoms with Crippen LogP contribution in [0.2, 0.25) is 0 Å². The maximum absolute atomic E-state index is 12.8. The van der Waals surface area contributed by atoms with E-state index in [4.69, 9.17) is 4.52 Å². The van der Waals surface area contributed by atoms with Crippen LogP contribution in [-0.4, -0.2) is 23.4 Å². The largest absolute Gasteiger partial charge is 0.361 e. The van der Waals surface area contributed by atoms with Gasteiger partial charge in [-0.1, -0.05) is 5.16 Å². The summed E-state index contributed by atoms with van der Waals surface area (Å²) >= 11 is 1.65. The molecule has 1 aromatic heterocycles. The summed E-state index contributed by atoms with van der Waals surface area (Å²) in [5.41, 5.74) is 1.62. The van der Waals surface area contributed by atoms with E-state index < -0.39 is 0 Å². The second-order valence-corrected chi connectivity index (χ2v) is 6.15. The zero-order valence-electron chi connectivity index (χ0n) is 12.7. The highest BCUT2D eigenvalue weighted by molar-refractivity contribution is 7.99. The normalized spacial score (nSPS) is 10.7. The third-order valence-corrected chi connectivity index (χ3v) is 4.34. The highest BCUT2D eigenvalue weighted by atomic mass is 32.2. The molecule has 2 rings (SSSR count). The minimum absolute atomic E-state index is 0.0267. The molecule has 6 heteroatoms. The Bertz CT molecular complexity index is 606. The van der Waals surface area contributed by atoms with Gasteiger partial charge in [0.1, 0.15) is 11.6 Å². The van der Waals surface area contributed by atoms with Gasteiger partial charge in [-0.25, -0.2) is 4.39 Å². The smallest absolute Gasteiger partial charge is 0.224 e. The minimum Gasteiger partial charge on any atom is -0.361 e. The van der Waals surface area contributed by atoms with Crippen molar-refractivity contribution in [3.8, 4) is 0 Å². The molecule has 0 unspecified atom stereocenters. The minimum atomic E-state index is -0.226. The average Bonchev–Trinajstić information content (AvgIpc) is 2.81. The zero-order valence-corrected chi connectivity index (χ0v) is 13.5. The second-order valence-electron chi connectivity index (χ2n) is 4.99. The van der Waals surface area contributed by atoms with E-state index in [1.165, 1.54) is 12.1 Å². The molecule has 0 aliphatic rings. The van der Waals surface area contributed by atoms with Crippen LogP contribution >= 0.6 is 11.8 Å². The molecule has 1 N–H and O–H groups in total. The number of carbonyl (C=O) groups excluding carboxylic acids is 1. The van der Waals surface area contributed by atoms with Gasteiger partial charge in [0.2, 0.25) is 5.91 Å². The standard InChI is InChI=1S/C16H19FN2O2S/c1-11-15(12(2)21-19-11)10-16(20)18-8-3-9-22-14-6-4-13(17)5-7-14/h4-7H,3,8-10H2,1-2H3,(H,18,20). The number of carbonyl (C=O) groups is 1. The number of hydrogen-bond acceptors (Lipinski definition) is 4.